The second-order valence-electron chi connectivity index (χ2n) is 8.98. The molecule has 1 aliphatic carbocycles. The van der Waals surface area contributed by atoms with Crippen LogP contribution in [0.3, 0.4) is 0 Å². The largest absolute Gasteiger partial charge is 0.583 e. The maximum absolute atomic E-state index is 12.4. The number of likely N-dealkylation sites (tertiary alicyclic amines) is 1. The third-order valence-electron chi connectivity index (χ3n) is 6.86. The van der Waals surface area contributed by atoms with Crippen molar-refractivity contribution in [2.45, 2.75) is 43.1 Å². The topological polar surface area (TPSA) is 129 Å². The number of fused-ring (bicyclic) bond motifs is 3. The van der Waals surface area contributed by atoms with E-state index in [1.807, 2.05) is 6.07 Å². The van der Waals surface area contributed by atoms with E-state index in [1.165, 1.54) is 0 Å². The molecule has 30 heavy (non-hydrogen) atoms. The number of aromatic carboxylic acids is 1. The van der Waals surface area contributed by atoms with Crippen molar-refractivity contribution in [3.05, 3.63) is 28.8 Å². The third kappa shape index (κ3) is 3.47. The van der Waals surface area contributed by atoms with Gasteiger partial charge in [0.05, 0.1) is 32.2 Å². The average Bonchev–Trinajstić information content (AvgIpc) is 3.46. The van der Waals surface area contributed by atoms with Crippen molar-refractivity contribution in [2.75, 3.05) is 32.8 Å². The summed E-state index contributed by atoms with van der Waals surface area (Å²) in [7, 11) is 0. The number of carbonyl (C=O) groups is 2. The molecule has 10 heteroatoms. The summed E-state index contributed by atoms with van der Waals surface area (Å²) in [6, 6.07) is 3.51. The van der Waals surface area contributed by atoms with Crippen LogP contribution in [0.2, 0.25) is 5.82 Å². The van der Waals surface area contributed by atoms with E-state index in [0.29, 0.717) is 44.6 Å². The van der Waals surface area contributed by atoms with Crippen LogP contribution in [-0.4, -0.2) is 83.5 Å². The van der Waals surface area contributed by atoms with Crippen molar-refractivity contribution in [3.8, 4) is 5.75 Å². The second-order valence-corrected chi connectivity index (χ2v) is 8.98. The summed E-state index contributed by atoms with van der Waals surface area (Å²) in [5.74, 6) is -1.06. The van der Waals surface area contributed by atoms with Crippen LogP contribution in [0, 0.1) is 0 Å². The molecule has 0 spiro atoms. The summed E-state index contributed by atoms with van der Waals surface area (Å²) in [5, 5.41) is 33.6. The Kier molecular flexibility index (Phi) is 4.77. The molecule has 1 aromatic rings. The normalized spacial score (nSPS) is 29.4. The van der Waals surface area contributed by atoms with E-state index in [0.717, 1.165) is 12.1 Å². The van der Waals surface area contributed by atoms with Gasteiger partial charge in [-0.1, -0.05) is 24.4 Å². The van der Waals surface area contributed by atoms with E-state index in [9.17, 15) is 24.7 Å². The van der Waals surface area contributed by atoms with Crippen molar-refractivity contribution in [2.24, 2.45) is 0 Å². The fraction of sp³-hybridized carbons (Fsp3) is 0.600. The number of rotatable bonds is 5. The molecular formula is C20H26BN2O7-. The summed E-state index contributed by atoms with van der Waals surface area (Å²) >= 11 is 0. The van der Waals surface area contributed by atoms with E-state index in [2.05, 4.69) is 5.32 Å². The first-order valence-electron chi connectivity index (χ1n) is 10.6. The van der Waals surface area contributed by atoms with E-state index < -0.39 is 12.5 Å². The molecule has 0 radical (unpaired) electrons. The smallest absolute Gasteiger partial charge is 0.339 e. The first-order valence-corrected chi connectivity index (χ1v) is 10.6. The van der Waals surface area contributed by atoms with Crippen molar-refractivity contribution in [1.82, 2.24) is 10.2 Å². The molecule has 0 bridgehead atoms. The summed E-state index contributed by atoms with van der Waals surface area (Å²) in [6.07, 6.45) is 0.542. The number of carboxylic acid groups (broad SMARTS) is 1. The monoisotopic (exact) mass is 417 g/mol. The van der Waals surface area contributed by atoms with Gasteiger partial charge < -0.3 is 34.8 Å². The fourth-order valence-corrected chi connectivity index (χ4v) is 5.13. The minimum atomic E-state index is -2.58. The van der Waals surface area contributed by atoms with Crippen LogP contribution in [0.15, 0.2) is 12.1 Å². The van der Waals surface area contributed by atoms with E-state index in [4.69, 9.17) is 9.47 Å². The van der Waals surface area contributed by atoms with Gasteiger partial charge in [-0.05, 0) is 17.5 Å². The molecule has 3 fully saturated rings. The van der Waals surface area contributed by atoms with Crippen molar-refractivity contribution in [3.63, 3.8) is 0 Å². The number of benzene rings is 1. The number of hydrogen-bond donors (Lipinski definition) is 4. The van der Waals surface area contributed by atoms with Crippen LogP contribution in [-0.2, 0) is 15.9 Å². The Morgan fingerprint density at radius 2 is 2.10 bits per heavy atom. The number of hydrogen-bond acceptors (Lipinski definition) is 7. The van der Waals surface area contributed by atoms with Crippen LogP contribution in [0.4, 0.5) is 0 Å². The molecule has 3 atom stereocenters. The molecule has 9 nitrogen and oxygen atoms in total. The van der Waals surface area contributed by atoms with Crippen LogP contribution >= 0.6 is 0 Å². The van der Waals surface area contributed by atoms with Crippen molar-refractivity contribution < 1.29 is 34.2 Å². The minimum absolute atomic E-state index is 0.000249. The number of carbonyl (C=O) groups excluding carboxylic acids is 1. The molecule has 1 saturated carbocycles. The standard InChI is InChI=1S/C20H26BN2O7/c24-18(5-11-8-22-3-4-29-11)23-9-12(10-23)30-17-2-1-13-14-6-16(14)21(27,28)7-15(13)19(17)20(25)26/h1-2,11-12,14,16,22,27-28H,3-10H2,(H,25,26)/q-1/t11-,14+,16+/m0/s1. The molecule has 1 amide bonds. The molecule has 4 aliphatic rings. The van der Waals surface area contributed by atoms with Gasteiger partial charge in [-0.2, -0.15) is 0 Å². The number of carboxylic acids is 1. The molecule has 1 aromatic carbocycles. The molecule has 3 aliphatic heterocycles. The molecule has 4 N–H and O–H groups in total. The molecule has 3 heterocycles. The highest BCUT2D eigenvalue weighted by atomic mass is 16.5. The predicted molar refractivity (Wildman–Crippen MR) is 107 cm³/mol. The molecule has 0 unspecified atom stereocenters. The van der Waals surface area contributed by atoms with Gasteiger partial charge in [0.1, 0.15) is 17.4 Å². The minimum Gasteiger partial charge on any atom is -0.583 e. The summed E-state index contributed by atoms with van der Waals surface area (Å²) < 4.78 is 11.5. The van der Waals surface area contributed by atoms with E-state index >= 15 is 0 Å². The lowest BCUT2D eigenvalue weighted by molar-refractivity contribution is -0.143. The first-order chi connectivity index (χ1) is 14.3. The van der Waals surface area contributed by atoms with Crippen LogP contribution in [0.5, 0.6) is 5.75 Å². The van der Waals surface area contributed by atoms with Gasteiger partial charge in [0.25, 0.3) is 0 Å². The molecule has 5 rings (SSSR count). The summed E-state index contributed by atoms with van der Waals surface area (Å²) in [5.41, 5.74) is 1.37. The molecule has 0 aromatic heterocycles. The summed E-state index contributed by atoms with van der Waals surface area (Å²) in [4.78, 5) is 26.1. The highest BCUT2D eigenvalue weighted by molar-refractivity contribution is 6.67. The first kappa shape index (κ1) is 19.8. The van der Waals surface area contributed by atoms with Gasteiger partial charge in [-0.15, -0.1) is 5.82 Å². The maximum Gasteiger partial charge on any atom is 0.339 e. The molecule has 162 valence electrons. The van der Waals surface area contributed by atoms with Gasteiger partial charge in [0.15, 0.2) is 0 Å². The molecule has 2 saturated heterocycles. The van der Waals surface area contributed by atoms with E-state index in [-0.39, 0.29) is 47.5 Å². The lowest BCUT2D eigenvalue weighted by Crippen LogP contribution is -2.57. The number of ether oxygens (including phenoxy) is 2. The number of morpholine rings is 1. The van der Waals surface area contributed by atoms with Crippen molar-refractivity contribution in [1.29, 1.82) is 0 Å². The Bertz CT molecular complexity index is 880. The highest BCUT2D eigenvalue weighted by Gasteiger charge is 2.52. The van der Waals surface area contributed by atoms with Crippen LogP contribution in [0.25, 0.3) is 0 Å². The Balaban J connectivity index is 1.25. The average molecular weight is 417 g/mol. The van der Waals surface area contributed by atoms with Crippen molar-refractivity contribution >= 4 is 18.4 Å². The molecular weight excluding hydrogens is 391 g/mol. The number of nitrogens with one attached hydrogen (secondary N) is 1. The van der Waals surface area contributed by atoms with Gasteiger partial charge in [-0.25, -0.2) is 4.79 Å². The lowest BCUT2D eigenvalue weighted by Gasteiger charge is -2.40. The Morgan fingerprint density at radius 3 is 2.80 bits per heavy atom. The third-order valence-corrected chi connectivity index (χ3v) is 6.86. The fourth-order valence-electron chi connectivity index (χ4n) is 5.13. The Hall–Kier alpha value is -2.14. The zero-order valence-corrected chi connectivity index (χ0v) is 16.6. The van der Waals surface area contributed by atoms with Gasteiger partial charge in [0.2, 0.25) is 12.5 Å². The second kappa shape index (κ2) is 7.23. The van der Waals surface area contributed by atoms with Gasteiger partial charge >= 0.3 is 5.97 Å². The SMILES string of the molecule is O=C(O)c1c(OC2CN(C(=O)C[C@H]3CNCCO3)C2)ccc2c1C[B-](O)(O)[C@@H]1C[C@H]21. The lowest BCUT2D eigenvalue weighted by atomic mass is 9.45. The van der Waals surface area contributed by atoms with Crippen LogP contribution < -0.4 is 10.1 Å². The highest BCUT2D eigenvalue weighted by Crippen LogP contribution is 2.62. The van der Waals surface area contributed by atoms with E-state index in [1.54, 1.807) is 11.0 Å². The Morgan fingerprint density at radius 1 is 1.30 bits per heavy atom. The van der Waals surface area contributed by atoms with Gasteiger partial charge in [0, 0.05) is 13.1 Å². The quantitative estimate of drug-likeness (QED) is 0.483. The Labute approximate surface area is 173 Å². The predicted octanol–water partition coefficient (Wildman–Crippen LogP) is -0.267. The van der Waals surface area contributed by atoms with Gasteiger partial charge in [-0.3, -0.25) is 4.79 Å². The number of amides is 1. The maximum atomic E-state index is 12.4. The number of nitrogens with zero attached hydrogens (tertiary/aromatic N) is 1. The zero-order valence-electron chi connectivity index (χ0n) is 16.6. The summed E-state index contributed by atoms with van der Waals surface area (Å²) in [6.45, 7) is 0.277. The zero-order chi connectivity index (χ0) is 21.0. The van der Waals surface area contributed by atoms with Crippen LogP contribution in [0.1, 0.15) is 40.2 Å².